The third-order valence-electron chi connectivity index (χ3n) is 7.43. The van der Waals surface area contributed by atoms with Crippen LogP contribution in [0.4, 0.5) is 0 Å². The molecule has 0 spiro atoms. The van der Waals surface area contributed by atoms with Crippen molar-refractivity contribution in [1.29, 1.82) is 0 Å². The zero-order chi connectivity index (χ0) is 32.2. The first-order valence-electron chi connectivity index (χ1n) is 14.3. The Balaban J connectivity index is 1.52. The van der Waals surface area contributed by atoms with Crippen LogP contribution < -0.4 is 11.2 Å². The van der Waals surface area contributed by atoms with Crippen LogP contribution in [-0.2, 0) is 18.9 Å². The first kappa shape index (κ1) is 31.1. The standard InChI is InChI=1S/C34H32N2O9/c1-19-5-11-23(12-6-19)31(38)42-18-26-27(44-32(39)24-13-7-20(2)8-14-24)28(45-33(40)25-15-9-21(3)10-16-25)30(43-26)36-17-22(4)29(37)35-34(36)41/h5-17,26-28,30H,18H2,1-4H3,(H,35,37,41). The molecule has 1 saturated heterocycles. The van der Waals surface area contributed by atoms with Crippen LogP contribution in [0.15, 0.2) is 88.6 Å². The molecule has 232 valence electrons. The molecule has 0 radical (unpaired) electrons. The highest BCUT2D eigenvalue weighted by molar-refractivity contribution is 5.91. The van der Waals surface area contributed by atoms with Crippen molar-refractivity contribution in [3.8, 4) is 0 Å². The molecule has 0 amide bonds. The zero-order valence-electron chi connectivity index (χ0n) is 25.1. The number of nitrogens with zero attached hydrogens (tertiary/aromatic N) is 1. The fraction of sp³-hybridized carbons (Fsp3) is 0.265. The number of benzene rings is 3. The maximum absolute atomic E-state index is 13.4. The van der Waals surface area contributed by atoms with E-state index in [0.717, 1.165) is 21.3 Å². The second-order valence-electron chi connectivity index (χ2n) is 11.0. The topological polar surface area (TPSA) is 143 Å². The van der Waals surface area contributed by atoms with Gasteiger partial charge in [0.05, 0.1) is 16.7 Å². The fourth-order valence-corrected chi connectivity index (χ4v) is 4.80. The number of nitrogens with one attached hydrogen (secondary N) is 1. The quantitative estimate of drug-likeness (QED) is 0.231. The monoisotopic (exact) mass is 612 g/mol. The van der Waals surface area contributed by atoms with Crippen molar-refractivity contribution >= 4 is 17.9 Å². The SMILES string of the molecule is Cc1ccc(C(=O)OCC2OC(n3cc(C)c(=O)[nH]c3=O)C(OC(=O)c3ccc(C)cc3)C2OC(=O)c2ccc(C)cc2)cc1. The molecule has 2 heterocycles. The zero-order valence-corrected chi connectivity index (χ0v) is 25.1. The van der Waals surface area contributed by atoms with Gasteiger partial charge in [0.15, 0.2) is 18.4 Å². The molecule has 3 aromatic carbocycles. The summed E-state index contributed by atoms with van der Waals surface area (Å²) in [5.74, 6) is -2.17. The Morgan fingerprint density at radius 1 is 0.689 bits per heavy atom. The van der Waals surface area contributed by atoms with Gasteiger partial charge < -0.3 is 18.9 Å². The number of carbonyl (C=O) groups excluding carboxylic acids is 3. The van der Waals surface area contributed by atoms with E-state index >= 15 is 0 Å². The van der Waals surface area contributed by atoms with Gasteiger partial charge in [-0.25, -0.2) is 19.2 Å². The largest absolute Gasteiger partial charge is 0.459 e. The predicted octanol–water partition coefficient (Wildman–Crippen LogP) is 3.98. The minimum Gasteiger partial charge on any atom is -0.459 e. The molecule has 0 bridgehead atoms. The Labute approximate surface area is 258 Å². The number of aromatic nitrogens is 2. The van der Waals surface area contributed by atoms with E-state index in [2.05, 4.69) is 4.98 Å². The molecule has 5 rings (SSSR count). The van der Waals surface area contributed by atoms with Gasteiger partial charge in [0.1, 0.15) is 12.7 Å². The van der Waals surface area contributed by atoms with Gasteiger partial charge in [0.25, 0.3) is 5.56 Å². The van der Waals surface area contributed by atoms with Gasteiger partial charge in [-0.1, -0.05) is 53.1 Å². The van der Waals surface area contributed by atoms with Crippen LogP contribution in [0, 0.1) is 27.7 Å². The van der Waals surface area contributed by atoms with E-state index in [0.29, 0.717) is 0 Å². The Morgan fingerprint density at radius 3 is 1.62 bits per heavy atom. The number of esters is 3. The van der Waals surface area contributed by atoms with Gasteiger partial charge in [-0.3, -0.25) is 14.3 Å². The van der Waals surface area contributed by atoms with Crippen LogP contribution in [0.1, 0.15) is 59.6 Å². The lowest BCUT2D eigenvalue weighted by Crippen LogP contribution is -2.43. The summed E-state index contributed by atoms with van der Waals surface area (Å²) in [6, 6.07) is 20.0. The van der Waals surface area contributed by atoms with Crippen LogP contribution in [0.5, 0.6) is 0 Å². The first-order chi connectivity index (χ1) is 21.5. The van der Waals surface area contributed by atoms with Crippen LogP contribution in [0.2, 0.25) is 0 Å². The van der Waals surface area contributed by atoms with Crippen molar-refractivity contribution in [3.63, 3.8) is 0 Å². The second kappa shape index (κ2) is 13.1. The van der Waals surface area contributed by atoms with Crippen LogP contribution >= 0.6 is 0 Å². The van der Waals surface area contributed by atoms with E-state index in [1.807, 2.05) is 20.8 Å². The van der Waals surface area contributed by atoms with E-state index < -0.39 is 60.3 Å². The number of hydrogen-bond donors (Lipinski definition) is 1. The molecule has 11 heteroatoms. The summed E-state index contributed by atoms with van der Waals surface area (Å²) in [6.07, 6.45) is -3.99. The van der Waals surface area contributed by atoms with Gasteiger partial charge in [-0.2, -0.15) is 0 Å². The minimum absolute atomic E-state index is 0.185. The summed E-state index contributed by atoms with van der Waals surface area (Å²) < 4.78 is 24.6. The predicted molar refractivity (Wildman–Crippen MR) is 162 cm³/mol. The summed E-state index contributed by atoms with van der Waals surface area (Å²) in [4.78, 5) is 66.9. The van der Waals surface area contributed by atoms with E-state index in [9.17, 15) is 24.0 Å². The Bertz CT molecular complexity index is 1820. The number of carbonyl (C=O) groups is 3. The molecule has 11 nitrogen and oxygen atoms in total. The van der Waals surface area contributed by atoms with Crippen LogP contribution in [0.25, 0.3) is 0 Å². The molecule has 1 aliphatic rings. The molecule has 4 aromatic rings. The van der Waals surface area contributed by atoms with Crippen LogP contribution in [-0.4, -0.2) is 52.4 Å². The smallest absolute Gasteiger partial charge is 0.338 e. The van der Waals surface area contributed by atoms with Crippen molar-refractivity contribution in [2.45, 2.75) is 52.2 Å². The lowest BCUT2D eigenvalue weighted by Gasteiger charge is -2.25. The molecule has 0 aliphatic carbocycles. The van der Waals surface area contributed by atoms with Gasteiger partial charge in [0.2, 0.25) is 0 Å². The van der Waals surface area contributed by atoms with Crippen molar-refractivity contribution in [2.24, 2.45) is 0 Å². The van der Waals surface area contributed by atoms with Crippen molar-refractivity contribution < 1.29 is 33.3 Å². The van der Waals surface area contributed by atoms with E-state index in [1.165, 1.54) is 13.1 Å². The highest BCUT2D eigenvalue weighted by Gasteiger charge is 2.51. The lowest BCUT2D eigenvalue weighted by atomic mass is 10.1. The molecule has 1 fully saturated rings. The van der Waals surface area contributed by atoms with Gasteiger partial charge >= 0.3 is 23.6 Å². The molecule has 4 atom stereocenters. The van der Waals surface area contributed by atoms with Gasteiger partial charge in [-0.15, -0.1) is 0 Å². The average Bonchev–Trinajstić information content (AvgIpc) is 3.34. The molecule has 45 heavy (non-hydrogen) atoms. The Morgan fingerprint density at radius 2 is 1.13 bits per heavy atom. The molecule has 1 aliphatic heterocycles. The third kappa shape index (κ3) is 7.10. The number of aryl methyl sites for hydroxylation is 4. The van der Waals surface area contributed by atoms with Crippen molar-refractivity contribution in [3.05, 3.63) is 139 Å². The molecule has 4 unspecified atom stereocenters. The number of ether oxygens (including phenoxy) is 4. The van der Waals surface area contributed by atoms with Crippen LogP contribution in [0.3, 0.4) is 0 Å². The fourth-order valence-electron chi connectivity index (χ4n) is 4.80. The molecule has 0 saturated carbocycles. The third-order valence-corrected chi connectivity index (χ3v) is 7.43. The van der Waals surface area contributed by atoms with Gasteiger partial charge in [0, 0.05) is 11.8 Å². The molecular formula is C34H32N2O9. The second-order valence-corrected chi connectivity index (χ2v) is 11.0. The first-order valence-corrected chi connectivity index (χ1v) is 14.3. The Kier molecular flexibility index (Phi) is 9.10. The maximum Gasteiger partial charge on any atom is 0.338 e. The molecule has 1 N–H and O–H groups in total. The van der Waals surface area contributed by atoms with E-state index in [4.69, 9.17) is 18.9 Å². The summed E-state index contributed by atoms with van der Waals surface area (Å²) in [7, 11) is 0. The van der Waals surface area contributed by atoms with E-state index in [-0.39, 0.29) is 22.3 Å². The number of hydrogen-bond acceptors (Lipinski definition) is 9. The van der Waals surface area contributed by atoms with Crippen molar-refractivity contribution in [1.82, 2.24) is 9.55 Å². The number of H-pyrrole nitrogens is 1. The summed E-state index contributed by atoms with van der Waals surface area (Å²) in [5, 5.41) is 0. The summed E-state index contributed by atoms with van der Waals surface area (Å²) >= 11 is 0. The highest BCUT2D eigenvalue weighted by atomic mass is 16.7. The normalized spacial score (nSPS) is 19.1. The maximum atomic E-state index is 13.4. The molecular weight excluding hydrogens is 580 g/mol. The Hall–Kier alpha value is -5.29. The summed E-state index contributed by atoms with van der Waals surface area (Å²) in [5.41, 5.74) is 2.26. The number of aromatic amines is 1. The average molecular weight is 613 g/mol. The minimum atomic E-state index is -1.39. The van der Waals surface area contributed by atoms with E-state index in [1.54, 1.807) is 72.8 Å². The van der Waals surface area contributed by atoms with Gasteiger partial charge in [-0.05, 0) is 64.1 Å². The van der Waals surface area contributed by atoms with Crippen molar-refractivity contribution in [2.75, 3.05) is 6.61 Å². The lowest BCUT2D eigenvalue weighted by molar-refractivity contribution is -0.0640. The summed E-state index contributed by atoms with van der Waals surface area (Å²) in [6.45, 7) is 6.70. The number of rotatable bonds is 8. The highest BCUT2D eigenvalue weighted by Crippen LogP contribution is 2.35. The molecule has 1 aromatic heterocycles.